The van der Waals surface area contributed by atoms with Crippen LogP contribution in [0.5, 0.6) is 0 Å². The summed E-state index contributed by atoms with van der Waals surface area (Å²) in [5.41, 5.74) is 1.40. The molecule has 0 amide bonds. The van der Waals surface area contributed by atoms with Gasteiger partial charge in [-0.15, -0.1) is 0 Å². The predicted molar refractivity (Wildman–Crippen MR) is 92.7 cm³/mol. The Bertz CT molecular complexity index is 437. The van der Waals surface area contributed by atoms with E-state index >= 15 is 0 Å². The maximum absolute atomic E-state index is 4.67. The van der Waals surface area contributed by atoms with E-state index in [0.717, 1.165) is 29.9 Å². The van der Waals surface area contributed by atoms with Crippen LogP contribution in [0.1, 0.15) is 32.8 Å². The van der Waals surface area contributed by atoms with E-state index in [0.29, 0.717) is 0 Å². The first-order chi connectivity index (χ1) is 9.46. The van der Waals surface area contributed by atoms with Gasteiger partial charge in [0.05, 0.1) is 0 Å². The molecule has 3 nitrogen and oxygen atoms in total. The van der Waals surface area contributed by atoms with Gasteiger partial charge in [0.25, 0.3) is 0 Å². The molecule has 1 aliphatic heterocycles. The largest absolute Gasteiger partial charge is 0.355 e. The Hall–Kier alpha value is -0.260. The fraction of sp³-hybridized carbons (Fsp3) is 0.667. The van der Waals surface area contributed by atoms with Crippen LogP contribution in [0.15, 0.2) is 16.7 Å². The SMILES string of the molecule is CC(C)(C)NCc1cc(Br)cnc1N1CCCSCC1. The zero-order valence-electron chi connectivity index (χ0n) is 12.6. The minimum Gasteiger partial charge on any atom is -0.355 e. The first-order valence-electron chi connectivity index (χ1n) is 7.18. The Balaban J connectivity index is 2.18. The second-order valence-corrected chi connectivity index (χ2v) is 8.33. The Morgan fingerprint density at radius 3 is 2.90 bits per heavy atom. The summed E-state index contributed by atoms with van der Waals surface area (Å²) in [6.07, 6.45) is 3.16. The molecule has 2 heterocycles. The average Bonchev–Trinajstić information content (AvgIpc) is 2.64. The van der Waals surface area contributed by atoms with Gasteiger partial charge in [0.15, 0.2) is 0 Å². The van der Waals surface area contributed by atoms with Crippen LogP contribution in [0, 0.1) is 0 Å². The summed E-state index contributed by atoms with van der Waals surface area (Å²) in [5.74, 6) is 3.61. The van der Waals surface area contributed by atoms with Crippen LogP contribution in [0.3, 0.4) is 0 Å². The molecular formula is C15H24BrN3S. The second kappa shape index (κ2) is 7.14. The molecule has 1 aliphatic rings. The molecule has 0 unspecified atom stereocenters. The number of pyridine rings is 1. The Morgan fingerprint density at radius 2 is 2.15 bits per heavy atom. The van der Waals surface area contributed by atoms with Crippen LogP contribution in [0.4, 0.5) is 5.82 Å². The average molecular weight is 358 g/mol. The van der Waals surface area contributed by atoms with Crippen molar-refractivity contribution in [3.63, 3.8) is 0 Å². The van der Waals surface area contributed by atoms with Crippen molar-refractivity contribution in [2.24, 2.45) is 0 Å². The smallest absolute Gasteiger partial charge is 0.133 e. The number of rotatable bonds is 3. The molecule has 2 rings (SSSR count). The van der Waals surface area contributed by atoms with Crippen LogP contribution in [-0.2, 0) is 6.54 Å². The molecule has 1 N–H and O–H groups in total. The highest BCUT2D eigenvalue weighted by molar-refractivity contribution is 9.10. The van der Waals surface area contributed by atoms with Crippen molar-refractivity contribution in [1.29, 1.82) is 0 Å². The second-order valence-electron chi connectivity index (χ2n) is 6.19. The molecule has 1 saturated heterocycles. The zero-order chi connectivity index (χ0) is 14.6. The number of hydrogen-bond acceptors (Lipinski definition) is 4. The van der Waals surface area contributed by atoms with Crippen molar-refractivity contribution in [3.8, 4) is 0 Å². The summed E-state index contributed by atoms with van der Waals surface area (Å²) in [5, 5.41) is 3.57. The van der Waals surface area contributed by atoms with Crippen LogP contribution < -0.4 is 10.2 Å². The van der Waals surface area contributed by atoms with Gasteiger partial charge in [-0.3, -0.25) is 0 Å². The maximum Gasteiger partial charge on any atom is 0.133 e. The van der Waals surface area contributed by atoms with Crippen molar-refractivity contribution >= 4 is 33.5 Å². The Labute approximate surface area is 135 Å². The molecule has 1 fully saturated rings. The van der Waals surface area contributed by atoms with Gasteiger partial charge in [0.2, 0.25) is 0 Å². The van der Waals surface area contributed by atoms with Crippen LogP contribution in [0.2, 0.25) is 0 Å². The normalized spacial score (nSPS) is 17.1. The molecule has 0 bridgehead atoms. The lowest BCUT2D eigenvalue weighted by molar-refractivity contribution is 0.424. The highest BCUT2D eigenvalue weighted by atomic mass is 79.9. The lowest BCUT2D eigenvalue weighted by Crippen LogP contribution is -2.36. The number of anilines is 1. The van der Waals surface area contributed by atoms with Gasteiger partial charge in [-0.25, -0.2) is 4.98 Å². The lowest BCUT2D eigenvalue weighted by atomic mass is 10.1. The first-order valence-corrected chi connectivity index (χ1v) is 9.13. The van der Waals surface area contributed by atoms with Crippen molar-refractivity contribution in [1.82, 2.24) is 10.3 Å². The highest BCUT2D eigenvalue weighted by Gasteiger charge is 2.17. The molecule has 20 heavy (non-hydrogen) atoms. The third kappa shape index (κ3) is 4.93. The van der Waals surface area contributed by atoms with Gasteiger partial charge in [-0.05, 0) is 54.9 Å². The number of thioether (sulfide) groups is 1. The van der Waals surface area contributed by atoms with E-state index in [1.807, 2.05) is 18.0 Å². The molecule has 0 atom stereocenters. The van der Waals surface area contributed by atoms with Crippen molar-refractivity contribution in [2.75, 3.05) is 29.5 Å². The number of aromatic nitrogens is 1. The highest BCUT2D eigenvalue weighted by Crippen LogP contribution is 2.24. The third-order valence-corrected chi connectivity index (χ3v) is 4.72. The number of nitrogens with one attached hydrogen (secondary N) is 1. The molecular weight excluding hydrogens is 334 g/mol. The van der Waals surface area contributed by atoms with Crippen LogP contribution >= 0.6 is 27.7 Å². The van der Waals surface area contributed by atoms with E-state index in [-0.39, 0.29) is 5.54 Å². The molecule has 0 aliphatic carbocycles. The molecule has 1 aromatic heterocycles. The fourth-order valence-electron chi connectivity index (χ4n) is 2.21. The van der Waals surface area contributed by atoms with Crippen molar-refractivity contribution in [2.45, 2.75) is 39.3 Å². The van der Waals surface area contributed by atoms with E-state index in [1.54, 1.807) is 0 Å². The monoisotopic (exact) mass is 357 g/mol. The summed E-state index contributed by atoms with van der Waals surface area (Å²) < 4.78 is 1.05. The van der Waals surface area contributed by atoms with Gasteiger partial charge in [0.1, 0.15) is 5.82 Å². The quantitative estimate of drug-likeness (QED) is 0.892. The number of nitrogens with zero attached hydrogens (tertiary/aromatic N) is 2. The molecule has 0 saturated carbocycles. The van der Waals surface area contributed by atoms with Crippen LogP contribution in [0.25, 0.3) is 0 Å². The van der Waals surface area contributed by atoms with Crippen molar-refractivity contribution < 1.29 is 0 Å². The van der Waals surface area contributed by atoms with Gasteiger partial charge in [-0.1, -0.05) is 0 Å². The maximum atomic E-state index is 4.67. The van der Waals surface area contributed by atoms with E-state index in [2.05, 4.69) is 58.0 Å². The molecule has 0 aromatic carbocycles. The lowest BCUT2D eigenvalue weighted by Gasteiger charge is -2.26. The summed E-state index contributed by atoms with van der Waals surface area (Å²) in [6.45, 7) is 9.66. The van der Waals surface area contributed by atoms with Gasteiger partial charge in [-0.2, -0.15) is 11.8 Å². The standard InChI is InChI=1S/C15H24BrN3S/c1-15(2,3)18-10-12-9-13(16)11-17-14(12)19-5-4-7-20-8-6-19/h9,11,18H,4-8,10H2,1-3H3. The van der Waals surface area contributed by atoms with E-state index < -0.39 is 0 Å². The third-order valence-electron chi connectivity index (χ3n) is 3.24. The summed E-state index contributed by atoms with van der Waals surface area (Å²) in [7, 11) is 0. The molecule has 1 aromatic rings. The minimum absolute atomic E-state index is 0.119. The van der Waals surface area contributed by atoms with E-state index in [4.69, 9.17) is 0 Å². The van der Waals surface area contributed by atoms with Crippen LogP contribution in [-0.4, -0.2) is 35.1 Å². The molecule has 5 heteroatoms. The zero-order valence-corrected chi connectivity index (χ0v) is 15.0. The topological polar surface area (TPSA) is 28.2 Å². The summed E-state index contributed by atoms with van der Waals surface area (Å²) in [4.78, 5) is 7.11. The van der Waals surface area contributed by atoms with Gasteiger partial charge >= 0.3 is 0 Å². The molecule has 0 radical (unpaired) electrons. The van der Waals surface area contributed by atoms with Crippen molar-refractivity contribution in [3.05, 3.63) is 22.3 Å². The van der Waals surface area contributed by atoms with Gasteiger partial charge < -0.3 is 10.2 Å². The Kier molecular flexibility index (Phi) is 5.75. The Morgan fingerprint density at radius 1 is 1.35 bits per heavy atom. The number of halogens is 1. The summed E-state index contributed by atoms with van der Waals surface area (Å²) >= 11 is 5.59. The van der Waals surface area contributed by atoms with E-state index in [1.165, 1.54) is 23.5 Å². The van der Waals surface area contributed by atoms with Gasteiger partial charge in [0, 0.05) is 47.2 Å². The predicted octanol–water partition coefficient (Wildman–Crippen LogP) is 3.68. The van der Waals surface area contributed by atoms with E-state index in [9.17, 15) is 0 Å². The molecule has 112 valence electrons. The number of hydrogen-bond donors (Lipinski definition) is 1. The minimum atomic E-state index is 0.119. The molecule has 0 spiro atoms. The summed E-state index contributed by atoms with van der Waals surface area (Å²) in [6, 6.07) is 2.19. The fourth-order valence-corrected chi connectivity index (χ4v) is 3.47. The first kappa shape index (κ1) is 16.1.